The number of hydrogen-bond donors (Lipinski definition) is 2. The molecule has 5 heteroatoms. The van der Waals surface area contributed by atoms with Crippen LogP contribution in [-0.4, -0.2) is 4.98 Å². The molecule has 0 aliphatic heterocycles. The molecular weight excluding hydrogens is 241 g/mol. The van der Waals surface area contributed by atoms with Crippen LogP contribution in [0.3, 0.4) is 0 Å². The Kier molecular flexibility index (Phi) is 3.15. The highest BCUT2D eigenvalue weighted by Crippen LogP contribution is 2.23. The van der Waals surface area contributed by atoms with E-state index < -0.39 is 5.82 Å². The Morgan fingerprint density at radius 3 is 2.76 bits per heavy atom. The molecule has 17 heavy (non-hydrogen) atoms. The number of nitrogens with zero attached hydrogens (tertiary/aromatic N) is 1. The second-order valence-corrected chi connectivity index (χ2v) is 4.10. The summed E-state index contributed by atoms with van der Waals surface area (Å²) in [5.74, 6) is 0.172. The molecule has 1 aromatic carbocycles. The van der Waals surface area contributed by atoms with Crippen molar-refractivity contribution in [3.63, 3.8) is 0 Å². The van der Waals surface area contributed by atoms with Gasteiger partial charge in [0, 0.05) is 5.69 Å². The van der Waals surface area contributed by atoms with Crippen molar-refractivity contribution in [1.29, 1.82) is 0 Å². The van der Waals surface area contributed by atoms with Crippen molar-refractivity contribution in [2.75, 3.05) is 11.1 Å². The number of pyridine rings is 1. The van der Waals surface area contributed by atoms with Crippen LogP contribution in [0.4, 0.5) is 21.6 Å². The van der Waals surface area contributed by atoms with Gasteiger partial charge in [-0.25, -0.2) is 9.37 Å². The molecule has 3 nitrogen and oxygen atoms in total. The van der Waals surface area contributed by atoms with Crippen LogP contribution in [0.2, 0.25) is 5.02 Å². The number of benzene rings is 1. The summed E-state index contributed by atoms with van der Waals surface area (Å²) in [6.45, 7) is 1.87. The van der Waals surface area contributed by atoms with Gasteiger partial charge in [0.15, 0.2) is 0 Å². The van der Waals surface area contributed by atoms with E-state index in [9.17, 15) is 4.39 Å². The Hall–Kier alpha value is -1.81. The maximum Gasteiger partial charge on any atom is 0.143 e. The second-order valence-electron chi connectivity index (χ2n) is 3.69. The molecule has 3 N–H and O–H groups in total. The molecule has 0 aliphatic rings. The van der Waals surface area contributed by atoms with Crippen LogP contribution in [0, 0.1) is 12.7 Å². The molecule has 0 aliphatic carbocycles. The molecule has 88 valence electrons. The van der Waals surface area contributed by atoms with Crippen molar-refractivity contribution in [2.45, 2.75) is 6.92 Å². The van der Waals surface area contributed by atoms with Crippen LogP contribution in [0.1, 0.15) is 5.56 Å². The minimum absolute atomic E-state index is 0.0949. The first-order valence-electron chi connectivity index (χ1n) is 5.00. The van der Waals surface area contributed by atoms with Gasteiger partial charge in [-0.2, -0.15) is 0 Å². The molecule has 0 saturated carbocycles. The van der Waals surface area contributed by atoms with Crippen LogP contribution < -0.4 is 11.1 Å². The van der Waals surface area contributed by atoms with E-state index in [4.69, 9.17) is 17.3 Å². The van der Waals surface area contributed by atoms with E-state index in [0.717, 1.165) is 5.56 Å². The Labute approximate surface area is 103 Å². The fraction of sp³-hybridized carbons (Fsp3) is 0.0833. The third kappa shape index (κ3) is 2.65. The van der Waals surface area contributed by atoms with E-state index in [1.54, 1.807) is 18.3 Å². The largest absolute Gasteiger partial charge is 0.397 e. The van der Waals surface area contributed by atoms with Gasteiger partial charge < -0.3 is 11.1 Å². The molecule has 0 spiro atoms. The number of nitrogen functional groups attached to an aromatic ring is 1. The zero-order valence-corrected chi connectivity index (χ0v) is 9.92. The standard InChI is InChI=1S/C12H11ClFN3/c1-7-4-8(15)6-16-12(7)17-9-2-3-10(13)11(14)5-9/h2-6H,15H2,1H3,(H,16,17). The van der Waals surface area contributed by atoms with Crippen molar-refractivity contribution in [3.8, 4) is 0 Å². The van der Waals surface area contributed by atoms with E-state index in [1.807, 2.05) is 6.92 Å². The highest BCUT2D eigenvalue weighted by molar-refractivity contribution is 6.30. The molecular formula is C12H11ClFN3. The predicted molar refractivity (Wildman–Crippen MR) is 68.1 cm³/mol. The van der Waals surface area contributed by atoms with Crippen molar-refractivity contribution in [2.24, 2.45) is 0 Å². The zero-order valence-electron chi connectivity index (χ0n) is 9.17. The van der Waals surface area contributed by atoms with Gasteiger partial charge in [-0.1, -0.05) is 11.6 Å². The van der Waals surface area contributed by atoms with Gasteiger partial charge in [-0.05, 0) is 36.8 Å². The number of aryl methyl sites for hydroxylation is 1. The Morgan fingerprint density at radius 1 is 1.35 bits per heavy atom. The minimum atomic E-state index is -0.468. The lowest BCUT2D eigenvalue weighted by Crippen LogP contribution is -1.98. The number of nitrogens with one attached hydrogen (secondary N) is 1. The number of nitrogens with two attached hydrogens (primary N) is 1. The van der Waals surface area contributed by atoms with Gasteiger partial charge in [0.2, 0.25) is 0 Å². The van der Waals surface area contributed by atoms with Gasteiger partial charge >= 0.3 is 0 Å². The summed E-state index contributed by atoms with van der Waals surface area (Å²) in [4.78, 5) is 4.13. The van der Waals surface area contributed by atoms with Gasteiger partial charge in [0.25, 0.3) is 0 Å². The highest BCUT2D eigenvalue weighted by Gasteiger charge is 2.04. The first-order valence-corrected chi connectivity index (χ1v) is 5.38. The van der Waals surface area contributed by atoms with Gasteiger partial charge in [-0.3, -0.25) is 0 Å². The SMILES string of the molecule is Cc1cc(N)cnc1Nc1ccc(Cl)c(F)c1. The van der Waals surface area contributed by atoms with E-state index in [-0.39, 0.29) is 5.02 Å². The van der Waals surface area contributed by atoms with Crippen molar-refractivity contribution in [1.82, 2.24) is 4.98 Å². The number of anilines is 3. The van der Waals surface area contributed by atoms with Crippen LogP contribution >= 0.6 is 11.6 Å². The second kappa shape index (κ2) is 4.59. The molecule has 0 radical (unpaired) electrons. The summed E-state index contributed by atoms with van der Waals surface area (Å²) in [6, 6.07) is 6.29. The normalized spacial score (nSPS) is 10.3. The fourth-order valence-corrected chi connectivity index (χ4v) is 1.56. The number of hydrogen-bond acceptors (Lipinski definition) is 3. The molecule has 0 saturated heterocycles. The lowest BCUT2D eigenvalue weighted by molar-refractivity contribution is 0.629. The van der Waals surface area contributed by atoms with E-state index in [0.29, 0.717) is 17.2 Å². The monoisotopic (exact) mass is 251 g/mol. The highest BCUT2D eigenvalue weighted by atomic mass is 35.5. The summed E-state index contributed by atoms with van der Waals surface area (Å²) in [7, 11) is 0. The molecule has 1 aromatic heterocycles. The third-order valence-corrected chi connectivity index (χ3v) is 2.59. The van der Waals surface area contributed by atoms with Crippen LogP contribution in [0.15, 0.2) is 30.5 Å². The Morgan fingerprint density at radius 2 is 2.12 bits per heavy atom. The number of halogens is 2. The summed E-state index contributed by atoms with van der Waals surface area (Å²) in [5.41, 5.74) is 7.67. The number of rotatable bonds is 2. The molecule has 2 aromatic rings. The van der Waals surface area contributed by atoms with Crippen molar-refractivity contribution in [3.05, 3.63) is 46.9 Å². The molecule has 0 atom stereocenters. The van der Waals surface area contributed by atoms with E-state index in [1.165, 1.54) is 12.1 Å². The Balaban J connectivity index is 2.28. The van der Waals surface area contributed by atoms with Gasteiger partial charge in [0.05, 0.1) is 16.9 Å². The van der Waals surface area contributed by atoms with E-state index in [2.05, 4.69) is 10.3 Å². The maximum absolute atomic E-state index is 13.2. The number of aromatic nitrogens is 1. The summed E-state index contributed by atoms with van der Waals surface area (Å²) >= 11 is 5.60. The Bertz CT molecular complexity index is 557. The lowest BCUT2D eigenvalue weighted by Gasteiger charge is -2.09. The predicted octanol–water partition coefficient (Wildman–Crippen LogP) is 3.51. The van der Waals surface area contributed by atoms with Gasteiger partial charge in [-0.15, -0.1) is 0 Å². The van der Waals surface area contributed by atoms with Crippen LogP contribution in [0.25, 0.3) is 0 Å². The first kappa shape index (κ1) is 11.7. The molecule has 0 fully saturated rings. The maximum atomic E-state index is 13.2. The quantitative estimate of drug-likeness (QED) is 0.859. The third-order valence-electron chi connectivity index (χ3n) is 2.28. The molecule has 2 rings (SSSR count). The topological polar surface area (TPSA) is 50.9 Å². The van der Waals surface area contributed by atoms with Crippen molar-refractivity contribution < 1.29 is 4.39 Å². The molecule has 0 bridgehead atoms. The first-order chi connectivity index (χ1) is 8.06. The summed E-state index contributed by atoms with van der Waals surface area (Å²) in [5, 5.41) is 3.10. The molecule has 0 unspecified atom stereocenters. The summed E-state index contributed by atoms with van der Waals surface area (Å²) in [6.07, 6.45) is 1.54. The lowest BCUT2D eigenvalue weighted by atomic mass is 10.2. The van der Waals surface area contributed by atoms with Crippen LogP contribution in [0.5, 0.6) is 0 Å². The van der Waals surface area contributed by atoms with Crippen LogP contribution in [-0.2, 0) is 0 Å². The zero-order chi connectivity index (χ0) is 12.4. The average Bonchev–Trinajstić information content (AvgIpc) is 2.27. The molecule has 1 heterocycles. The average molecular weight is 252 g/mol. The minimum Gasteiger partial charge on any atom is -0.397 e. The van der Waals surface area contributed by atoms with Gasteiger partial charge in [0.1, 0.15) is 11.6 Å². The molecule has 0 amide bonds. The summed E-state index contributed by atoms with van der Waals surface area (Å²) < 4.78 is 13.2. The fourth-order valence-electron chi connectivity index (χ4n) is 1.44. The van der Waals surface area contributed by atoms with Crippen molar-refractivity contribution >= 4 is 28.8 Å². The smallest absolute Gasteiger partial charge is 0.143 e. The van der Waals surface area contributed by atoms with E-state index >= 15 is 0 Å².